The van der Waals surface area contributed by atoms with Gasteiger partial charge in [0.2, 0.25) is 0 Å². The van der Waals surface area contributed by atoms with Crippen molar-refractivity contribution in [3.8, 4) is 0 Å². The van der Waals surface area contributed by atoms with Crippen LogP contribution in [0, 0.1) is 0 Å². The van der Waals surface area contributed by atoms with Crippen molar-refractivity contribution < 1.29 is 4.74 Å². The number of hydrogen-bond acceptors (Lipinski definition) is 4. The second kappa shape index (κ2) is 8.77. The van der Waals surface area contributed by atoms with Crippen LogP contribution in [0.5, 0.6) is 0 Å². The van der Waals surface area contributed by atoms with Gasteiger partial charge in [-0.3, -0.25) is 0 Å². The molecule has 0 bridgehead atoms. The summed E-state index contributed by atoms with van der Waals surface area (Å²) in [6, 6.07) is 7.70. The third-order valence-corrected chi connectivity index (χ3v) is 3.37. The maximum Gasteiger partial charge on any atom is 0.0964 e. The van der Waals surface area contributed by atoms with E-state index in [4.69, 9.17) is 16.3 Å². The van der Waals surface area contributed by atoms with Gasteiger partial charge in [0.1, 0.15) is 0 Å². The molecule has 0 aliphatic carbocycles. The standard InChI is InChI=1S/C15H21ClN4O/c1-2-7-17-10-14-11-20(19-18-14)8-9-21-12-13-5-3-4-6-15(13)16/h3-6,11,17H,2,7-10,12H2,1H3. The summed E-state index contributed by atoms with van der Waals surface area (Å²) < 4.78 is 7.42. The third kappa shape index (κ3) is 5.46. The second-order valence-corrected chi connectivity index (χ2v) is 5.20. The van der Waals surface area contributed by atoms with E-state index in [2.05, 4.69) is 22.6 Å². The van der Waals surface area contributed by atoms with Crippen LogP contribution in [0.1, 0.15) is 24.6 Å². The van der Waals surface area contributed by atoms with Crippen LogP contribution in [0.3, 0.4) is 0 Å². The lowest BCUT2D eigenvalue weighted by Gasteiger charge is -2.05. The Hall–Kier alpha value is -1.43. The first kappa shape index (κ1) is 15.9. The average molecular weight is 309 g/mol. The molecule has 0 fully saturated rings. The molecule has 0 spiro atoms. The lowest BCUT2D eigenvalue weighted by molar-refractivity contribution is 0.110. The van der Waals surface area contributed by atoms with Gasteiger partial charge in [0.25, 0.3) is 0 Å². The molecule has 0 saturated carbocycles. The monoisotopic (exact) mass is 308 g/mol. The fraction of sp³-hybridized carbons (Fsp3) is 0.467. The van der Waals surface area contributed by atoms with Gasteiger partial charge in [-0.2, -0.15) is 0 Å². The first-order valence-electron chi connectivity index (χ1n) is 7.20. The molecule has 1 heterocycles. The van der Waals surface area contributed by atoms with Gasteiger partial charge in [0, 0.05) is 17.8 Å². The molecule has 21 heavy (non-hydrogen) atoms. The summed E-state index contributed by atoms with van der Waals surface area (Å²) in [6.45, 7) is 5.67. The molecular formula is C15H21ClN4O. The SMILES string of the molecule is CCCNCc1cn(CCOCc2ccccc2Cl)nn1. The molecule has 2 rings (SSSR count). The Morgan fingerprint density at radius 1 is 1.33 bits per heavy atom. The second-order valence-electron chi connectivity index (χ2n) is 4.79. The van der Waals surface area contributed by atoms with E-state index in [0.717, 1.165) is 35.8 Å². The van der Waals surface area contributed by atoms with Crippen molar-refractivity contribution in [3.63, 3.8) is 0 Å². The molecule has 114 valence electrons. The molecule has 1 aromatic heterocycles. The number of rotatable bonds is 9. The van der Waals surface area contributed by atoms with Crippen LogP contribution in [0.4, 0.5) is 0 Å². The van der Waals surface area contributed by atoms with Crippen LogP contribution >= 0.6 is 11.6 Å². The van der Waals surface area contributed by atoms with Crippen LogP contribution in [0.15, 0.2) is 30.5 Å². The fourth-order valence-electron chi connectivity index (χ4n) is 1.88. The number of nitrogens with zero attached hydrogens (tertiary/aromatic N) is 3. The summed E-state index contributed by atoms with van der Waals surface area (Å²) in [5, 5.41) is 12.2. The molecule has 0 aliphatic heterocycles. The summed E-state index contributed by atoms with van der Waals surface area (Å²) in [5.74, 6) is 0. The maximum absolute atomic E-state index is 6.07. The first-order chi connectivity index (χ1) is 10.3. The number of benzene rings is 1. The number of ether oxygens (including phenoxy) is 1. The molecule has 1 N–H and O–H groups in total. The molecule has 1 aromatic carbocycles. The number of aromatic nitrogens is 3. The van der Waals surface area contributed by atoms with Crippen LogP contribution in [0.2, 0.25) is 5.02 Å². The van der Waals surface area contributed by atoms with Gasteiger partial charge in [-0.25, -0.2) is 4.68 Å². The van der Waals surface area contributed by atoms with Crippen molar-refractivity contribution in [2.45, 2.75) is 33.0 Å². The Kier molecular flexibility index (Phi) is 6.66. The van der Waals surface area contributed by atoms with Crippen LogP contribution in [-0.2, 0) is 24.4 Å². The van der Waals surface area contributed by atoms with Gasteiger partial charge in [-0.1, -0.05) is 41.9 Å². The quantitative estimate of drug-likeness (QED) is 0.724. The lowest BCUT2D eigenvalue weighted by Crippen LogP contribution is -2.14. The summed E-state index contributed by atoms with van der Waals surface area (Å²) in [6.07, 6.45) is 3.06. The van der Waals surface area contributed by atoms with E-state index >= 15 is 0 Å². The molecule has 0 radical (unpaired) electrons. The smallest absolute Gasteiger partial charge is 0.0964 e. The Balaban J connectivity index is 1.68. The molecule has 0 aliphatic rings. The van der Waals surface area contributed by atoms with E-state index in [9.17, 15) is 0 Å². The van der Waals surface area contributed by atoms with Crippen molar-refractivity contribution in [1.82, 2.24) is 20.3 Å². The highest BCUT2D eigenvalue weighted by Gasteiger charge is 2.01. The van der Waals surface area contributed by atoms with Crippen molar-refractivity contribution >= 4 is 11.6 Å². The molecule has 0 amide bonds. The molecule has 6 heteroatoms. The van der Waals surface area contributed by atoms with Gasteiger partial charge in [0.05, 0.1) is 25.5 Å². The van der Waals surface area contributed by atoms with Crippen molar-refractivity contribution in [2.75, 3.05) is 13.2 Å². The Morgan fingerprint density at radius 3 is 3.00 bits per heavy atom. The largest absolute Gasteiger partial charge is 0.375 e. The van der Waals surface area contributed by atoms with E-state index in [1.54, 1.807) is 4.68 Å². The van der Waals surface area contributed by atoms with Gasteiger partial charge < -0.3 is 10.1 Å². The van der Waals surface area contributed by atoms with Crippen LogP contribution in [0.25, 0.3) is 0 Å². The summed E-state index contributed by atoms with van der Waals surface area (Å²) in [5.41, 5.74) is 1.96. The normalized spacial score (nSPS) is 11.0. The molecule has 2 aromatic rings. The number of hydrogen-bond donors (Lipinski definition) is 1. The predicted octanol–water partition coefficient (Wildman–Crippen LogP) is 2.65. The Bertz CT molecular complexity index is 544. The maximum atomic E-state index is 6.07. The van der Waals surface area contributed by atoms with Gasteiger partial charge in [-0.05, 0) is 24.6 Å². The van der Waals surface area contributed by atoms with Crippen molar-refractivity contribution in [3.05, 3.63) is 46.7 Å². The molecule has 0 saturated heterocycles. The van der Waals surface area contributed by atoms with Crippen molar-refractivity contribution in [1.29, 1.82) is 0 Å². The Morgan fingerprint density at radius 2 is 2.19 bits per heavy atom. The summed E-state index contributed by atoms with van der Waals surface area (Å²) in [4.78, 5) is 0. The number of nitrogens with one attached hydrogen (secondary N) is 1. The highest BCUT2D eigenvalue weighted by Crippen LogP contribution is 2.15. The number of halogens is 1. The lowest BCUT2D eigenvalue weighted by atomic mass is 10.2. The minimum atomic E-state index is 0.513. The minimum absolute atomic E-state index is 0.513. The van der Waals surface area contributed by atoms with Gasteiger partial charge in [-0.15, -0.1) is 5.10 Å². The average Bonchev–Trinajstić information content (AvgIpc) is 2.93. The van der Waals surface area contributed by atoms with E-state index < -0.39 is 0 Å². The predicted molar refractivity (Wildman–Crippen MR) is 83.1 cm³/mol. The highest BCUT2D eigenvalue weighted by atomic mass is 35.5. The van der Waals surface area contributed by atoms with E-state index in [-0.39, 0.29) is 0 Å². The first-order valence-corrected chi connectivity index (χ1v) is 7.58. The van der Waals surface area contributed by atoms with E-state index in [0.29, 0.717) is 19.8 Å². The Labute approximate surface area is 130 Å². The highest BCUT2D eigenvalue weighted by molar-refractivity contribution is 6.31. The van der Waals surface area contributed by atoms with E-state index in [1.807, 2.05) is 30.5 Å². The molecule has 0 unspecified atom stereocenters. The molecule has 0 atom stereocenters. The van der Waals surface area contributed by atoms with E-state index in [1.165, 1.54) is 0 Å². The fourth-order valence-corrected chi connectivity index (χ4v) is 2.07. The zero-order valence-corrected chi connectivity index (χ0v) is 13.0. The van der Waals surface area contributed by atoms with Gasteiger partial charge >= 0.3 is 0 Å². The third-order valence-electron chi connectivity index (χ3n) is 3.00. The topological polar surface area (TPSA) is 52.0 Å². The van der Waals surface area contributed by atoms with Crippen LogP contribution < -0.4 is 5.32 Å². The van der Waals surface area contributed by atoms with Gasteiger partial charge in [0.15, 0.2) is 0 Å². The summed E-state index contributed by atoms with van der Waals surface area (Å²) in [7, 11) is 0. The summed E-state index contributed by atoms with van der Waals surface area (Å²) >= 11 is 6.07. The molecule has 5 nitrogen and oxygen atoms in total. The van der Waals surface area contributed by atoms with Crippen LogP contribution in [-0.4, -0.2) is 28.1 Å². The minimum Gasteiger partial charge on any atom is -0.375 e. The zero-order valence-electron chi connectivity index (χ0n) is 12.3. The zero-order chi connectivity index (χ0) is 14.9. The molecular weight excluding hydrogens is 288 g/mol. The van der Waals surface area contributed by atoms with Crippen molar-refractivity contribution in [2.24, 2.45) is 0 Å².